The molecule has 0 amide bonds. The van der Waals surface area contributed by atoms with Crippen molar-refractivity contribution in [3.05, 3.63) is 48.0 Å². The summed E-state index contributed by atoms with van der Waals surface area (Å²) < 4.78 is 5.32. The predicted octanol–water partition coefficient (Wildman–Crippen LogP) is 2.36. The van der Waals surface area contributed by atoms with Crippen molar-refractivity contribution in [3.63, 3.8) is 0 Å². The Hall–Kier alpha value is -1.91. The lowest BCUT2D eigenvalue weighted by molar-refractivity contribution is -0.151. The third-order valence-corrected chi connectivity index (χ3v) is 2.89. The molecule has 0 aliphatic heterocycles. The van der Waals surface area contributed by atoms with Crippen molar-refractivity contribution in [2.75, 3.05) is 13.2 Å². The fourth-order valence-corrected chi connectivity index (χ4v) is 1.95. The van der Waals surface area contributed by atoms with Crippen molar-refractivity contribution in [2.24, 2.45) is 0 Å². The maximum Gasteiger partial charge on any atom is 0.337 e. The van der Waals surface area contributed by atoms with Crippen LogP contribution < -0.4 is 0 Å². The van der Waals surface area contributed by atoms with Crippen molar-refractivity contribution in [2.45, 2.75) is 12.5 Å². The first-order valence-corrected chi connectivity index (χ1v) is 6.16. The van der Waals surface area contributed by atoms with E-state index in [1.165, 1.54) is 0 Å². The normalized spacial score (nSPS) is 12.5. The molecule has 100 valence electrons. The van der Waals surface area contributed by atoms with Gasteiger partial charge in [-0.2, -0.15) is 0 Å². The zero-order valence-electron chi connectivity index (χ0n) is 10.5. The predicted molar refractivity (Wildman–Crippen MR) is 72.0 cm³/mol. The van der Waals surface area contributed by atoms with Gasteiger partial charge in [-0.25, -0.2) is 4.79 Å². The van der Waals surface area contributed by atoms with Gasteiger partial charge in [-0.1, -0.05) is 36.4 Å². The molecule has 2 aromatic carbocycles. The second-order valence-corrected chi connectivity index (χ2v) is 4.27. The smallest absolute Gasteiger partial charge is 0.337 e. The number of rotatable bonds is 6. The average Bonchev–Trinajstić information content (AvgIpc) is 2.43. The van der Waals surface area contributed by atoms with Gasteiger partial charge >= 0.3 is 5.97 Å². The van der Waals surface area contributed by atoms with E-state index in [0.717, 1.165) is 10.8 Å². The van der Waals surface area contributed by atoms with Crippen LogP contribution in [0.3, 0.4) is 0 Å². The highest BCUT2D eigenvalue weighted by Gasteiger charge is 2.20. The van der Waals surface area contributed by atoms with Crippen molar-refractivity contribution in [3.8, 4) is 0 Å². The first kappa shape index (κ1) is 13.5. The summed E-state index contributed by atoms with van der Waals surface area (Å²) in [6.07, 6.45) is -0.562. The van der Waals surface area contributed by atoms with Crippen LogP contribution in [-0.4, -0.2) is 29.4 Å². The van der Waals surface area contributed by atoms with Crippen molar-refractivity contribution < 1.29 is 19.7 Å². The summed E-state index contributed by atoms with van der Waals surface area (Å²) in [6.45, 7) is 0.213. The van der Waals surface area contributed by atoms with E-state index in [0.29, 0.717) is 12.0 Å². The zero-order chi connectivity index (χ0) is 13.7. The Balaban J connectivity index is 2.25. The van der Waals surface area contributed by atoms with Crippen LogP contribution in [0, 0.1) is 0 Å². The van der Waals surface area contributed by atoms with E-state index in [4.69, 9.17) is 9.84 Å². The monoisotopic (exact) mass is 260 g/mol. The number of hydrogen-bond donors (Lipinski definition) is 2. The Kier molecular flexibility index (Phi) is 4.49. The van der Waals surface area contributed by atoms with Crippen LogP contribution in [0.1, 0.15) is 18.1 Å². The van der Waals surface area contributed by atoms with E-state index in [1.807, 2.05) is 36.4 Å². The molecule has 0 fully saturated rings. The number of aliphatic hydroxyl groups is 1. The minimum atomic E-state index is -1.02. The summed E-state index contributed by atoms with van der Waals surface area (Å²) in [4.78, 5) is 11.2. The minimum Gasteiger partial charge on any atom is -0.479 e. The van der Waals surface area contributed by atoms with Gasteiger partial charge in [0.2, 0.25) is 0 Å². The van der Waals surface area contributed by atoms with Crippen LogP contribution in [-0.2, 0) is 9.53 Å². The Labute approximate surface area is 111 Å². The standard InChI is InChI=1S/C15H16O4/c16-8-3-9-19-14(15(17)18)13-7-6-11-4-1-2-5-12(11)10-13/h1-2,4-7,10,14,16H,3,8-9H2,(H,17,18). The summed E-state index contributed by atoms with van der Waals surface area (Å²) >= 11 is 0. The molecule has 2 aromatic rings. The van der Waals surface area contributed by atoms with Gasteiger partial charge < -0.3 is 14.9 Å². The molecule has 4 heteroatoms. The largest absolute Gasteiger partial charge is 0.479 e. The van der Waals surface area contributed by atoms with Crippen LogP contribution >= 0.6 is 0 Å². The summed E-state index contributed by atoms with van der Waals surface area (Å²) in [6, 6.07) is 13.2. The lowest BCUT2D eigenvalue weighted by Gasteiger charge is -2.14. The SMILES string of the molecule is O=C(O)C(OCCCO)c1ccc2ccccc2c1. The van der Waals surface area contributed by atoms with E-state index in [9.17, 15) is 9.90 Å². The molecule has 0 saturated heterocycles. The molecule has 1 unspecified atom stereocenters. The van der Waals surface area contributed by atoms with Crippen LogP contribution in [0.5, 0.6) is 0 Å². The van der Waals surface area contributed by atoms with E-state index >= 15 is 0 Å². The number of ether oxygens (including phenoxy) is 1. The number of hydrogen-bond acceptors (Lipinski definition) is 3. The highest BCUT2D eigenvalue weighted by atomic mass is 16.5. The van der Waals surface area contributed by atoms with Gasteiger partial charge in [0.1, 0.15) is 0 Å². The lowest BCUT2D eigenvalue weighted by Crippen LogP contribution is -2.16. The molecule has 19 heavy (non-hydrogen) atoms. The number of carboxylic acid groups (broad SMARTS) is 1. The molecule has 4 nitrogen and oxygen atoms in total. The lowest BCUT2D eigenvalue weighted by atomic mass is 10.0. The van der Waals surface area contributed by atoms with Gasteiger partial charge in [0.05, 0.1) is 6.61 Å². The molecule has 2 rings (SSSR count). The third kappa shape index (κ3) is 3.30. The van der Waals surface area contributed by atoms with Gasteiger partial charge in [-0.3, -0.25) is 0 Å². The van der Waals surface area contributed by atoms with E-state index in [2.05, 4.69) is 0 Å². The molecule has 0 aliphatic carbocycles. The van der Waals surface area contributed by atoms with E-state index < -0.39 is 12.1 Å². The fraction of sp³-hybridized carbons (Fsp3) is 0.267. The Bertz CT molecular complexity index is 565. The molecular formula is C15H16O4. The quantitative estimate of drug-likeness (QED) is 0.782. The number of aliphatic carboxylic acids is 1. The molecule has 1 atom stereocenters. The van der Waals surface area contributed by atoms with Crippen LogP contribution in [0.15, 0.2) is 42.5 Å². The zero-order valence-corrected chi connectivity index (χ0v) is 10.5. The number of fused-ring (bicyclic) bond motifs is 1. The van der Waals surface area contributed by atoms with Crippen LogP contribution in [0.25, 0.3) is 10.8 Å². The number of benzene rings is 2. The topological polar surface area (TPSA) is 66.8 Å². The Morgan fingerprint density at radius 3 is 2.58 bits per heavy atom. The van der Waals surface area contributed by atoms with Gasteiger partial charge in [-0.15, -0.1) is 0 Å². The van der Waals surface area contributed by atoms with E-state index in [1.54, 1.807) is 6.07 Å². The molecule has 0 saturated carbocycles. The summed E-state index contributed by atoms with van der Waals surface area (Å²) in [5.74, 6) is -1.02. The van der Waals surface area contributed by atoms with E-state index in [-0.39, 0.29) is 13.2 Å². The highest BCUT2D eigenvalue weighted by molar-refractivity contribution is 5.85. The van der Waals surface area contributed by atoms with Gasteiger partial charge in [-0.05, 0) is 28.8 Å². The summed E-state index contributed by atoms with van der Waals surface area (Å²) in [5.41, 5.74) is 0.615. The average molecular weight is 260 g/mol. The second kappa shape index (κ2) is 6.31. The number of aliphatic hydroxyl groups excluding tert-OH is 1. The molecule has 0 aliphatic rings. The molecule has 0 spiro atoms. The maximum absolute atomic E-state index is 11.2. The number of carbonyl (C=O) groups is 1. The maximum atomic E-state index is 11.2. The van der Waals surface area contributed by atoms with Crippen molar-refractivity contribution >= 4 is 16.7 Å². The molecule has 0 radical (unpaired) electrons. The first-order chi connectivity index (χ1) is 9.22. The molecule has 0 aromatic heterocycles. The summed E-state index contributed by atoms with van der Waals surface area (Å²) in [5, 5.41) is 20.0. The van der Waals surface area contributed by atoms with Crippen molar-refractivity contribution in [1.82, 2.24) is 0 Å². The second-order valence-electron chi connectivity index (χ2n) is 4.27. The first-order valence-electron chi connectivity index (χ1n) is 6.16. The molecular weight excluding hydrogens is 244 g/mol. The van der Waals surface area contributed by atoms with Crippen LogP contribution in [0.4, 0.5) is 0 Å². The summed E-state index contributed by atoms with van der Waals surface area (Å²) in [7, 11) is 0. The number of carboxylic acids is 1. The molecule has 0 bridgehead atoms. The minimum absolute atomic E-state index is 0.00986. The Morgan fingerprint density at radius 2 is 1.89 bits per heavy atom. The van der Waals surface area contributed by atoms with Crippen molar-refractivity contribution in [1.29, 1.82) is 0 Å². The van der Waals surface area contributed by atoms with Crippen LogP contribution in [0.2, 0.25) is 0 Å². The fourth-order valence-electron chi connectivity index (χ4n) is 1.95. The van der Waals surface area contributed by atoms with Gasteiger partial charge in [0.25, 0.3) is 0 Å². The molecule has 2 N–H and O–H groups in total. The van der Waals surface area contributed by atoms with Gasteiger partial charge in [0.15, 0.2) is 6.10 Å². The highest BCUT2D eigenvalue weighted by Crippen LogP contribution is 2.23. The van der Waals surface area contributed by atoms with Gasteiger partial charge in [0, 0.05) is 6.61 Å². The Morgan fingerprint density at radius 1 is 1.16 bits per heavy atom. The molecule has 0 heterocycles. The third-order valence-electron chi connectivity index (χ3n) is 2.89.